The van der Waals surface area contributed by atoms with E-state index >= 15 is 0 Å². The van der Waals surface area contributed by atoms with E-state index in [0.717, 1.165) is 22.3 Å². The molecule has 0 saturated heterocycles. The van der Waals surface area contributed by atoms with Crippen LogP contribution in [0.4, 0.5) is 5.69 Å². The molecule has 0 aromatic heterocycles. The van der Waals surface area contributed by atoms with Gasteiger partial charge in [0.25, 0.3) is 0 Å². The summed E-state index contributed by atoms with van der Waals surface area (Å²) in [5.74, 6) is 1.12. The van der Waals surface area contributed by atoms with Crippen LogP contribution in [0.3, 0.4) is 0 Å². The van der Waals surface area contributed by atoms with Gasteiger partial charge in [-0.15, -0.1) is 11.8 Å². The molecule has 2 aromatic carbocycles. The summed E-state index contributed by atoms with van der Waals surface area (Å²) in [5, 5.41) is 0. The fourth-order valence-corrected chi connectivity index (χ4v) is 3.35. The molecule has 2 rings (SSSR count). The number of benzene rings is 2. The lowest BCUT2D eigenvalue weighted by molar-refractivity contribution is 0.933. The molecular weight excluding hydrogens is 306 g/mol. The van der Waals surface area contributed by atoms with E-state index in [4.69, 9.17) is 5.73 Å². The molecular formula is C15H16BrNS. The van der Waals surface area contributed by atoms with Gasteiger partial charge in [-0.05, 0) is 58.3 Å². The van der Waals surface area contributed by atoms with Crippen LogP contribution in [0.25, 0.3) is 0 Å². The van der Waals surface area contributed by atoms with Crippen LogP contribution in [-0.4, -0.2) is 5.75 Å². The summed E-state index contributed by atoms with van der Waals surface area (Å²) in [6.07, 6.45) is 2.33. The van der Waals surface area contributed by atoms with E-state index in [1.165, 1.54) is 16.9 Å². The van der Waals surface area contributed by atoms with Gasteiger partial charge in [-0.1, -0.05) is 30.3 Å². The van der Waals surface area contributed by atoms with Crippen molar-refractivity contribution in [1.82, 2.24) is 0 Å². The van der Waals surface area contributed by atoms with Crippen molar-refractivity contribution < 1.29 is 0 Å². The van der Waals surface area contributed by atoms with E-state index in [1.807, 2.05) is 23.9 Å². The lowest BCUT2D eigenvalue weighted by atomic mass is 10.1. The van der Waals surface area contributed by atoms with Crippen LogP contribution in [0.1, 0.15) is 12.0 Å². The predicted octanol–water partition coefficient (Wildman–Crippen LogP) is 4.76. The molecule has 0 atom stereocenters. The molecule has 94 valence electrons. The number of aryl methyl sites for hydroxylation is 1. The van der Waals surface area contributed by atoms with E-state index in [-0.39, 0.29) is 0 Å². The summed E-state index contributed by atoms with van der Waals surface area (Å²) < 4.78 is 1.09. The quantitative estimate of drug-likeness (QED) is 0.488. The van der Waals surface area contributed by atoms with Crippen molar-refractivity contribution in [2.24, 2.45) is 0 Å². The Balaban J connectivity index is 1.79. The molecule has 1 nitrogen and oxygen atoms in total. The van der Waals surface area contributed by atoms with Gasteiger partial charge in [-0.3, -0.25) is 0 Å². The van der Waals surface area contributed by atoms with Crippen LogP contribution < -0.4 is 5.73 Å². The van der Waals surface area contributed by atoms with Crippen LogP contribution in [0.15, 0.2) is 57.9 Å². The molecule has 0 aliphatic carbocycles. The standard InChI is InChI=1S/C15H16BrNS/c16-14-11-13(17)8-9-15(14)18-10-4-7-12-5-2-1-3-6-12/h1-3,5-6,8-9,11H,4,7,10,17H2. The van der Waals surface area contributed by atoms with Crippen molar-refractivity contribution in [2.45, 2.75) is 17.7 Å². The van der Waals surface area contributed by atoms with Crippen LogP contribution in [0.2, 0.25) is 0 Å². The number of hydrogen-bond acceptors (Lipinski definition) is 2. The summed E-state index contributed by atoms with van der Waals surface area (Å²) in [6.45, 7) is 0. The Labute approximate surface area is 121 Å². The fraction of sp³-hybridized carbons (Fsp3) is 0.200. The molecule has 0 unspecified atom stereocenters. The molecule has 0 aliphatic rings. The van der Waals surface area contributed by atoms with E-state index < -0.39 is 0 Å². The van der Waals surface area contributed by atoms with Gasteiger partial charge in [0, 0.05) is 15.1 Å². The van der Waals surface area contributed by atoms with Crippen LogP contribution >= 0.6 is 27.7 Å². The number of thioether (sulfide) groups is 1. The number of hydrogen-bond donors (Lipinski definition) is 1. The van der Waals surface area contributed by atoms with Crippen molar-refractivity contribution >= 4 is 33.4 Å². The Morgan fingerprint density at radius 1 is 1.06 bits per heavy atom. The molecule has 2 aromatic rings. The van der Waals surface area contributed by atoms with Gasteiger partial charge in [-0.25, -0.2) is 0 Å². The minimum atomic E-state index is 0.801. The highest BCUT2D eigenvalue weighted by Crippen LogP contribution is 2.29. The van der Waals surface area contributed by atoms with Crippen LogP contribution in [0.5, 0.6) is 0 Å². The molecule has 3 heteroatoms. The highest BCUT2D eigenvalue weighted by atomic mass is 79.9. The zero-order chi connectivity index (χ0) is 12.8. The summed E-state index contributed by atoms with van der Waals surface area (Å²) in [6, 6.07) is 16.6. The average Bonchev–Trinajstić information content (AvgIpc) is 2.38. The lowest BCUT2D eigenvalue weighted by Gasteiger charge is -2.05. The van der Waals surface area contributed by atoms with E-state index in [2.05, 4.69) is 52.3 Å². The van der Waals surface area contributed by atoms with Gasteiger partial charge in [0.15, 0.2) is 0 Å². The molecule has 0 heterocycles. The second kappa shape index (κ2) is 6.86. The van der Waals surface area contributed by atoms with Crippen molar-refractivity contribution in [3.63, 3.8) is 0 Å². The smallest absolute Gasteiger partial charge is 0.0331 e. The first-order valence-electron chi connectivity index (χ1n) is 5.97. The Bertz CT molecular complexity index is 499. The minimum Gasteiger partial charge on any atom is -0.399 e. The molecule has 0 saturated carbocycles. The maximum Gasteiger partial charge on any atom is 0.0331 e. The second-order valence-corrected chi connectivity index (χ2v) is 6.12. The van der Waals surface area contributed by atoms with Crippen molar-refractivity contribution in [3.8, 4) is 0 Å². The first kappa shape index (κ1) is 13.5. The number of nitrogens with two attached hydrogens (primary N) is 1. The van der Waals surface area contributed by atoms with Gasteiger partial charge in [0.05, 0.1) is 0 Å². The molecule has 0 amide bonds. The van der Waals surface area contributed by atoms with Crippen molar-refractivity contribution in [2.75, 3.05) is 11.5 Å². The highest BCUT2D eigenvalue weighted by Gasteiger charge is 2.01. The van der Waals surface area contributed by atoms with Crippen LogP contribution in [-0.2, 0) is 6.42 Å². The summed E-state index contributed by atoms with van der Waals surface area (Å²) >= 11 is 5.42. The van der Waals surface area contributed by atoms with Gasteiger partial charge >= 0.3 is 0 Å². The molecule has 0 fully saturated rings. The number of halogens is 1. The van der Waals surface area contributed by atoms with Gasteiger partial charge in [-0.2, -0.15) is 0 Å². The van der Waals surface area contributed by atoms with Gasteiger partial charge in [0.2, 0.25) is 0 Å². The summed E-state index contributed by atoms with van der Waals surface area (Å²) in [7, 11) is 0. The molecule has 0 aliphatic heterocycles. The van der Waals surface area contributed by atoms with E-state index in [1.54, 1.807) is 0 Å². The van der Waals surface area contributed by atoms with Gasteiger partial charge in [0.1, 0.15) is 0 Å². The lowest BCUT2D eigenvalue weighted by Crippen LogP contribution is -1.89. The minimum absolute atomic E-state index is 0.801. The number of rotatable bonds is 5. The Morgan fingerprint density at radius 3 is 2.56 bits per heavy atom. The molecule has 0 radical (unpaired) electrons. The largest absolute Gasteiger partial charge is 0.399 e. The fourth-order valence-electron chi connectivity index (χ4n) is 1.74. The maximum absolute atomic E-state index is 5.72. The predicted molar refractivity (Wildman–Crippen MR) is 84.0 cm³/mol. The summed E-state index contributed by atoms with van der Waals surface area (Å²) in [4.78, 5) is 1.26. The first-order valence-corrected chi connectivity index (χ1v) is 7.75. The van der Waals surface area contributed by atoms with Crippen molar-refractivity contribution in [1.29, 1.82) is 0 Å². The summed E-state index contributed by atoms with van der Waals surface area (Å²) in [5.41, 5.74) is 7.93. The average molecular weight is 322 g/mol. The normalized spacial score (nSPS) is 10.5. The third-order valence-electron chi connectivity index (χ3n) is 2.67. The van der Waals surface area contributed by atoms with Gasteiger partial charge < -0.3 is 5.73 Å². The molecule has 18 heavy (non-hydrogen) atoms. The topological polar surface area (TPSA) is 26.0 Å². The third-order valence-corrected chi connectivity index (χ3v) is 4.74. The van der Waals surface area contributed by atoms with E-state index in [9.17, 15) is 0 Å². The highest BCUT2D eigenvalue weighted by molar-refractivity contribution is 9.10. The third kappa shape index (κ3) is 4.07. The zero-order valence-electron chi connectivity index (χ0n) is 10.1. The maximum atomic E-state index is 5.72. The Kier molecular flexibility index (Phi) is 5.14. The molecule has 0 spiro atoms. The Morgan fingerprint density at radius 2 is 1.83 bits per heavy atom. The Hall–Kier alpha value is -0.930. The monoisotopic (exact) mass is 321 g/mol. The van der Waals surface area contributed by atoms with Crippen LogP contribution in [0, 0.1) is 0 Å². The SMILES string of the molecule is Nc1ccc(SCCCc2ccccc2)c(Br)c1. The number of anilines is 1. The van der Waals surface area contributed by atoms with E-state index in [0.29, 0.717) is 0 Å². The zero-order valence-corrected chi connectivity index (χ0v) is 12.5. The van der Waals surface area contributed by atoms with Crippen molar-refractivity contribution in [3.05, 3.63) is 58.6 Å². The second-order valence-electron chi connectivity index (χ2n) is 4.13. The molecule has 0 bridgehead atoms. The first-order chi connectivity index (χ1) is 8.75. The number of nitrogen functional groups attached to an aromatic ring is 1. The molecule has 2 N–H and O–H groups in total.